The molecule has 1 atom stereocenters. The Labute approximate surface area is 196 Å². The maximum absolute atomic E-state index is 13.2. The molecule has 4 rings (SSSR count). The lowest BCUT2D eigenvalue weighted by molar-refractivity contribution is 0.0767. The molecule has 0 aromatic heterocycles. The highest BCUT2D eigenvalue weighted by atomic mass is 35.5. The topological polar surface area (TPSA) is 79.6 Å². The number of nitriles is 1. The third-order valence-corrected chi connectivity index (χ3v) is 7.08. The van der Waals surface area contributed by atoms with E-state index < -0.39 is 0 Å². The molecule has 8 heteroatoms. The van der Waals surface area contributed by atoms with Crippen molar-refractivity contribution >= 4 is 40.6 Å². The van der Waals surface area contributed by atoms with Gasteiger partial charge in [0, 0.05) is 18.8 Å². The van der Waals surface area contributed by atoms with Crippen molar-refractivity contribution in [1.82, 2.24) is 4.90 Å². The number of fused-ring (bicyclic) bond motifs is 1. The maximum Gasteiger partial charge on any atom is 0.256 e. The Morgan fingerprint density at radius 3 is 2.78 bits per heavy atom. The number of allylic oxidation sites excluding steroid dienone is 1. The van der Waals surface area contributed by atoms with Crippen LogP contribution in [0.5, 0.6) is 0 Å². The summed E-state index contributed by atoms with van der Waals surface area (Å²) in [4.78, 5) is 16.5. The summed E-state index contributed by atoms with van der Waals surface area (Å²) in [5.74, 6) is -0.0193. The van der Waals surface area contributed by atoms with Crippen molar-refractivity contribution in [2.24, 2.45) is 0 Å². The van der Waals surface area contributed by atoms with Gasteiger partial charge in [-0.2, -0.15) is 5.26 Å². The second-order valence-electron chi connectivity index (χ2n) is 7.64. The number of carbonyl (C=O) groups excluding carboxylic acids is 1. The fraction of sp³-hybridized carbons (Fsp3) is 0.250. The third kappa shape index (κ3) is 4.63. The lowest BCUT2D eigenvalue weighted by Crippen LogP contribution is -2.24. The number of amides is 1. The first-order valence-electron chi connectivity index (χ1n) is 10.3. The predicted octanol–water partition coefficient (Wildman–Crippen LogP) is 4.63. The number of anilines is 2. The molecule has 0 radical (unpaired) electrons. The highest BCUT2D eigenvalue weighted by Gasteiger charge is 2.30. The summed E-state index contributed by atoms with van der Waals surface area (Å²) in [6, 6.07) is 13.3. The molecule has 0 saturated carbocycles. The van der Waals surface area contributed by atoms with Gasteiger partial charge in [-0.25, -0.2) is 0 Å². The molecule has 0 saturated heterocycles. The number of thioether (sulfide) groups is 1. The van der Waals surface area contributed by atoms with Gasteiger partial charge in [-0.05, 0) is 35.7 Å². The Morgan fingerprint density at radius 2 is 2.12 bits per heavy atom. The number of hydrogen-bond acceptors (Lipinski definition) is 6. The molecule has 2 aliphatic heterocycles. The molecule has 2 N–H and O–H groups in total. The molecule has 32 heavy (non-hydrogen) atoms. The molecule has 0 spiro atoms. The molecular weight excluding hydrogens is 444 g/mol. The van der Waals surface area contributed by atoms with E-state index in [0.717, 1.165) is 33.3 Å². The number of nitrogens with zero attached hydrogens (tertiary/aromatic N) is 3. The van der Waals surface area contributed by atoms with Crippen molar-refractivity contribution in [3.63, 3.8) is 0 Å². The SMILES string of the molecule is C=C(Nc1cccc2c1C(=O)N(Cc1ccc(N(C#N)CCO)cc1)C2)C1CC=C(Cl)S1. The number of benzene rings is 2. The zero-order chi connectivity index (χ0) is 22.7. The van der Waals surface area contributed by atoms with Crippen molar-refractivity contribution in [2.75, 3.05) is 23.4 Å². The molecular formula is C24H23ClN4O2S. The molecule has 6 nitrogen and oxygen atoms in total. The molecule has 0 fully saturated rings. The summed E-state index contributed by atoms with van der Waals surface area (Å²) < 4.78 is 0.777. The fourth-order valence-corrected chi connectivity index (χ4v) is 5.16. The second kappa shape index (κ2) is 9.70. The number of hydrogen-bond donors (Lipinski definition) is 2. The summed E-state index contributed by atoms with van der Waals surface area (Å²) in [6.45, 7) is 5.32. The lowest BCUT2D eigenvalue weighted by Gasteiger charge is -2.19. The summed E-state index contributed by atoms with van der Waals surface area (Å²) >= 11 is 7.65. The smallest absolute Gasteiger partial charge is 0.256 e. The Bertz CT molecular complexity index is 1110. The van der Waals surface area contributed by atoms with E-state index in [0.29, 0.717) is 24.3 Å². The zero-order valence-corrected chi connectivity index (χ0v) is 19.0. The first kappa shape index (κ1) is 22.3. The van der Waals surface area contributed by atoms with Gasteiger partial charge in [-0.15, -0.1) is 11.8 Å². The van der Waals surface area contributed by atoms with Crippen LogP contribution < -0.4 is 10.2 Å². The average molecular weight is 467 g/mol. The first-order chi connectivity index (χ1) is 15.5. The highest BCUT2D eigenvalue weighted by molar-refractivity contribution is 8.05. The van der Waals surface area contributed by atoms with Crippen molar-refractivity contribution < 1.29 is 9.90 Å². The maximum atomic E-state index is 13.2. The van der Waals surface area contributed by atoms with E-state index in [1.807, 2.05) is 53.4 Å². The fourth-order valence-electron chi connectivity index (χ4n) is 3.89. The number of aliphatic hydroxyl groups excluding tert-OH is 1. The minimum atomic E-state index is -0.0956. The Balaban J connectivity index is 1.45. The van der Waals surface area contributed by atoms with E-state index >= 15 is 0 Å². The highest BCUT2D eigenvalue weighted by Crippen LogP contribution is 2.39. The molecule has 164 valence electrons. The van der Waals surface area contributed by atoms with Crippen LogP contribution in [0.2, 0.25) is 0 Å². The van der Waals surface area contributed by atoms with Crippen LogP contribution in [0.3, 0.4) is 0 Å². The number of rotatable bonds is 8. The van der Waals surface area contributed by atoms with Gasteiger partial charge < -0.3 is 15.3 Å². The molecule has 2 heterocycles. The van der Waals surface area contributed by atoms with Gasteiger partial charge in [-0.1, -0.05) is 48.5 Å². The minimum absolute atomic E-state index is 0.0193. The normalized spacial score (nSPS) is 17.0. The van der Waals surface area contributed by atoms with Crippen LogP contribution in [0.25, 0.3) is 0 Å². The third-order valence-electron chi connectivity index (χ3n) is 5.51. The van der Waals surface area contributed by atoms with Gasteiger partial charge in [0.05, 0.1) is 39.7 Å². The number of aliphatic hydroxyl groups is 1. The predicted molar refractivity (Wildman–Crippen MR) is 129 cm³/mol. The van der Waals surface area contributed by atoms with Gasteiger partial charge in [0.1, 0.15) is 0 Å². The van der Waals surface area contributed by atoms with E-state index in [-0.39, 0.29) is 24.3 Å². The monoisotopic (exact) mass is 466 g/mol. The molecule has 2 aliphatic rings. The molecule has 1 amide bonds. The molecule has 0 aliphatic carbocycles. The van der Waals surface area contributed by atoms with Crippen LogP contribution in [0.15, 0.2) is 65.2 Å². The molecule has 1 unspecified atom stereocenters. The summed E-state index contributed by atoms with van der Waals surface area (Å²) in [5.41, 5.74) is 4.96. The molecule has 2 aromatic carbocycles. The number of halogens is 1. The largest absolute Gasteiger partial charge is 0.394 e. The second-order valence-corrected chi connectivity index (χ2v) is 9.52. The van der Waals surface area contributed by atoms with E-state index in [2.05, 4.69) is 18.1 Å². The van der Waals surface area contributed by atoms with Gasteiger partial charge in [0.15, 0.2) is 6.19 Å². The minimum Gasteiger partial charge on any atom is -0.394 e. The molecule has 0 bridgehead atoms. The Morgan fingerprint density at radius 1 is 1.34 bits per heavy atom. The Hall–Kier alpha value is -2.92. The van der Waals surface area contributed by atoms with E-state index in [9.17, 15) is 10.1 Å². The van der Waals surface area contributed by atoms with Crippen LogP contribution in [-0.2, 0) is 13.1 Å². The van der Waals surface area contributed by atoms with E-state index in [1.54, 1.807) is 11.8 Å². The summed E-state index contributed by atoms with van der Waals surface area (Å²) in [7, 11) is 0. The van der Waals surface area contributed by atoms with Crippen molar-refractivity contribution in [3.05, 3.63) is 81.9 Å². The van der Waals surface area contributed by atoms with Crippen LogP contribution in [-0.4, -0.2) is 34.3 Å². The van der Waals surface area contributed by atoms with Crippen LogP contribution in [0, 0.1) is 11.5 Å². The van der Waals surface area contributed by atoms with Crippen molar-refractivity contribution in [3.8, 4) is 6.19 Å². The first-order valence-corrected chi connectivity index (χ1v) is 11.5. The zero-order valence-electron chi connectivity index (χ0n) is 17.4. The number of carbonyl (C=O) groups is 1. The lowest BCUT2D eigenvalue weighted by atomic mass is 10.1. The Kier molecular flexibility index (Phi) is 6.75. The van der Waals surface area contributed by atoms with Gasteiger partial charge in [0.25, 0.3) is 5.91 Å². The summed E-state index contributed by atoms with van der Waals surface area (Å²) in [6.07, 6.45) is 4.86. The van der Waals surface area contributed by atoms with Crippen LogP contribution in [0.4, 0.5) is 11.4 Å². The van der Waals surface area contributed by atoms with Crippen LogP contribution in [0.1, 0.15) is 27.9 Å². The number of nitrogens with one attached hydrogen (secondary N) is 1. The van der Waals surface area contributed by atoms with Crippen molar-refractivity contribution in [1.29, 1.82) is 5.26 Å². The van der Waals surface area contributed by atoms with E-state index in [1.165, 1.54) is 4.90 Å². The van der Waals surface area contributed by atoms with Gasteiger partial charge in [0.2, 0.25) is 0 Å². The van der Waals surface area contributed by atoms with Crippen molar-refractivity contribution in [2.45, 2.75) is 24.8 Å². The van der Waals surface area contributed by atoms with Crippen LogP contribution >= 0.6 is 23.4 Å². The van der Waals surface area contributed by atoms with Gasteiger partial charge in [-0.3, -0.25) is 9.69 Å². The van der Waals surface area contributed by atoms with Gasteiger partial charge >= 0.3 is 0 Å². The quantitative estimate of drug-likeness (QED) is 0.436. The average Bonchev–Trinajstić information content (AvgIpc) is 3.37. The summed E-state index contributed by atoms with van der Waals surface area (Å²) in [5, 5.41) is 21.8. The van der Waals surface area contributed by atoms with E-state index in [4.69, 9.17) is 16.7 Å². The molecule has 2 aromatic rings. The standard InChI is InChI=1S/C24H23ClN4O2S/c1-16(21-9-10-22(25)32-21)27-20-4-2-3-18-14-29(24(31)23(18)20)13-17-5-7-19(8-6-17)28(15-26)11-12-30/h2-8,10,21,27,30H,1,9,11-14H2.